The number of ether oxygens (including phenoxy) is 1. The van der Waals surface area contributed by atoms with E-state index in [4.69, 9.17) is 4.74 Å². The van der Waals surface area contributed by atoms with Gasteiger partial charge in [0.15, 0.2) is 11.6 Å². The van der Waals surface area contributed by atoms with E-state index in [1.165, 1.54) is 31.7 Å². The lowest BCUT2D eigenvalue weighted by molar-refractivity contribution is 0.00317. The lowest BCUT2D eigenvalue weighted by Crippen LogP contribution is -2.46. The fourth-order valence-corrected chi connectivity index (χ4v) is 3.11. The van der Waals surface area contributed by atoms with Crippen LogP contribution in [0.4, 0.5) is 4.39 Å². The van der Waals surface area contributed by atoms with Crippen LogP contribution in [0.15, 0.2) is 18.2 Å². The molecule has 2 aliphatic rings. The molecule has 2 aliphatic heterocycles. The highest BCUT2D eigenvalue weighted by atomic mass is 19.1. The summed E-state index contributed by atoms with van der Waals surface area (Å²) in [7, 11) is 0. The first-order chi connectivity index (χ1) is 9.27. The summed E-state index contributed by atoms with van der Waals surface area (Å²) in [6, 6.07) is 4.71. The van der Waals surface area contributed by atoms with Crippen LogP contribution >= 0.6 is 0 Å². The number of likely N-dealkylation sites (tertiary alicyclic amines) is 1. The van der Waals surface area contributed by atoms with Crippen molar-refractivity contribution in [1.29, 1.82) is 0 Å². The Morgan fingerprint density at radius 1 is 1.16 bits per heavy atom. The predicted molar refractivity (Wildman–Crippen MR) is 70.7 cm³/mol. The highest BCUT2D eigenvalue weighted by molar-refractivity contribution is 5.39. The Labute approximate surface area is 113 Å². The minimum Gasteiger partial charge on any atom is -0.488 e. The SMILES string of the molecule is OC1c2cccc(F)c2OCC1N1CCCCCC1. The molecule has 0 aromatic heterocycles. The molecule has 1 aromatic carbocycles. The van der Waals surface area contributed by atoms with E-state index in [-0.39, 0.29) is 17.6 Å². The van der Waals surface area contributed by atoms with Crippen molar-refractivity contribution < 1.29 is 14.2 Å². The molecule has 1 saturated heterocycles. The monoisotopic (exact) mass is 265 g/mol. The second-order valence-electron chi connectivity index (χ2n) is 5.43. The fourth-order valence-electron chi connectivity index (χ4n) is 3.11. The van der Waals surface area contributed by atoms with Gasteiger partial charge in [-0.3, -0.25) is 4.90 Å². The maximum Gasteiger partial charge on any atom is 0.165 e. The second-order valence-corrected chi connectivity index (χ2v) is 5.43. The number of hydrogen-bond acceptors (Lipinski definition) is 3. The Balaban J connectivity index is 1.82. The smallest absolute Gasteiger partial charge is 0.165 e. The number of aliphatic hydroxyl groups excluding tert-OH is 1. The van der Waals surface area contributed by atoms with Crippen LogP contribution in [-0.2, 0) is 0 Å². The van der Waals surface area contributed by atoms with Crippen molar-refractivity contribution in [2.75, 3.05) is 19.7 Å². The number of benzene rings is 1. The van der Waals surface area contributed by atoms with E-state index in [1.54, 1.807) is 12.1 Å². The summed E-state index contributed by atoms with van der Waals surface area (Å²) in [6.45, 7) is 2.36. The van der Waals surface area contributed by atoms with E-state index in [1.807, 2.05) is 0 Å². The van der Waals surface area contributed by atoms with Gasteiger partial charge in [0.1, 0.15) is 12.7 Å². The predicted octanol–water partition coefficient (Wildman–Crippen LogP) is 2.50. The van der Waals surface area contributed by atoms with Crippen LogP contribution in [0.3, 0.4) is 0 Å². The van der Waals surface area contributed by atoms with Crippen molar-refractivity contribution in [2.24, 2.45) is 0 Å². The van der Waals surface area contributed by atoms with Gasteiger partial charge >= 0.3 is 0 Å². The molecule has 0 saturated carbocycles. The van der Waals surface area contributed by atoms with Crippen molar-refractivity contribution >= 4 is 0 Å². The number of rotatable bonds is 1. The van der Waals surface area contributed by atoms with Gasteiger partial charge in [-0.05, 0) is 32.0 Å². The number of halogens is 1. The molecule has 104 valence electrons. The Morgan fingerprint density at radius 2 is 1.89 bits per heavy atom. The number of fused-ring (bicyclic) bond motifs is 1. The molecule has 3 nitrogen and oxygen atoms in total. The molecule has 19 heavy (non-hydrogen) atoms. The Kier molecular flexibility index (Phi) is 3.71. The van der Waals surface area contributed by atoms with E-state index >= 15 is 0 Å². The lowest BCUT2D eigenvalue weighted by atomic mass is 9.97. The van der Waals surface area contributed by atoms with Crippen molar-refractivity contribution in [3.05, 3.63) is 29.6 Å². The molecule has 0 radical (unpaired) electrons. The molecular weight excluding hydrogens is 245 g/mol. The molecule has 0 bridgehead atoms. The van der Waals surface area contributed by atoms with Crippen LogP contribution < -0.4 is 4.74 Å². The van der Waals surface area contributed by atoms with E-state index in [9.17, 15) is 9.50 Å². The van der Waals surface area contributed by atoms with Gasteiger partial charge in [-0.1, -0.05) is 25.0 Å². The molecule has 1 fully saturated rings. The first-order valence-corrected chi connectivity index (χ1v) is 7.10. The highest BCUT2D eigenvalue weighted by Crippen LogP contribution is 2.36. The minimum absolute atomic E-state index is 0.0487. The van der Waals surface area contributed by atoms with Gasteiger partial charge in [0.05, 0.1) is 6.04 Å². The average molecular weight is 265 g/mol. The van der Waals surface area contributed by atoms with Crippen LogP contribution in [0.25, 0.3) is 0 Å². The van der Waals surface area contributed by atoms with E-state index in [2.05, 4.69) is 4.90 Å². The van der Waals surface area contributed by atoms with E-state index < -0.39 is 6.10 Å². The summed E-state index contributed by atoms with van der Waals surface area (Å²) in [4.78, 5) is 2.30. The molecule has 0 amide bonds. The average Bonchev–Trinajstić information content (AvgIpc) is 2.69. The van der Waals surface area contributed by atoms with Crippen molar-refractivity contribution in [1.82, 2.24) is 4.90 Å². The maximum absolute atomic E-state index is 13.6. The first kappa shape index (κ1) is 12.9. The fraction of sp³-hybridized carbons (Fsp3) is 0.600. The molecule has 4 heteroatoms. The van der Waals surface area contributed by atoms with Gasteiger partial charge in [-0.2, -0.15) is 0 Å². The van der Waals surface area contributed by atoms with Crippen LogP contribution in [-0.4, -0.2) is 35.7 Å². The highest BCUT2D eigenvalue weighted by Gasteiger charge is 2.34. The standard InChI is InChI=1S/C15H20FNO2/c16-12-7-5-6-11-14(18)13(10-19-15(11)12)17-8-3-1-2-4-9-17/h5-7,13-14,18H,1-4,8-10H2. The molecule has 0 aliphatic carbocycles. The van der Waals surface area contributed by atoms with E-state index in [0.717, 1.165) is 13.1 Å². The van der Waals surface area contributed by atoms with E-state index in [0.29, 0.717) is 12.2 Å². The summed E-state index contributed by atoms with van der Waals surface area (Å²) in [6.07, 6.45) is 4.19. The van der Waals surface area contributed by atoms with Crippen LogP contribution in [0, 0.1) is 5.82 Å². The normalized spacial score (nSPS) is 28.3. The number of aliphatic hydroxyl groups is 1. The zero-order valence-corrected chi connectivity index (χ0v) is 11.0. The third-order valence-corrected chi connectivity index (χ3v) is 4.19. The second kappa shape index (κ2) is 5.47. The molecule has 0 spiro atoms. The van der Waals surface area contributed by atoms with Gasteiger partial charge in [0, 0.05) is 5.56 Å². The van der Waals surface area contributed by atoms with Gasteiger partial charge in [0.25, 0.3) is 0 Å². The van der Waals surface area contributed by atoms with Crippen LogP contribution in [0.5, 0.6) is 5.75 Å². The summed E-state index contributed by atoms with van der Waals surface area (Å²) in [5.74, 6) is -0.160. The zero-order chi connectivity index (χ0) is 13.2. The summed E-state index contributed by atoms with van der Waals surface area (Å²) < 4.78 is 19.2. The quantitative estimate of drug-likeness (QED) is 0.847. The Bertz CT molecular complexity index is 444. The Hall–Kier alpha value is -1.13. The molecule has 1 aromatic rings. The van der Waals surface area contributed by atoms with Crippen LogP contribution in [0.2, 0.25) is 0 Å². The minimum atomic E-state index is -0.655. The van der Waals surface area contributed by atoms with Crippen molar-refractivity contribution in [3.63, 3.8) is 0 Å². The number of para-hydroxylation sites is 1. The van der Waals surface area contributed by atoms with Crippen LogP contribution in [0.1, 0.15) is 37.4 Å². The molecular formula is C15H20FNO2. The van der Waals surface area contributed by atoms with Gasteiger partial charge in [-0.25, -0.2) is 4.39 Å². The summed E-state index contributed by atoms with van der Waals surface area (Å²) in [5, 5.41) is 10.5. The number of hydrogen-bond donors (Lipinski definition) is 1. The molecule has 2 unspecified atom stereocenters. The lowest BCUT2D eigenvalue weighted by Gasteiger charge is -2.37. The Morgan fingerprint density at radius 3 is 2.63 bits per heavy atom. The largest absolute Gasteiger partial charge is 0.488 e. The van der Waals surface area contributed by atoms with Crippen molar-refractivity contribution in [2.45, 2.75) is 37.8 Å². The van der Waals surface area contributed by atoms with Gasteiger partial charge < -0.3 is 9.84 Å². The third-order valence-electron chi connectivity index (χ3n) is 4.19. The molecule has 2 atom stereocenters. The van der Waals surface area contributed by atoms with Crippen molar-refractivity contribution in [3.8, 4) is 5.75 Å². The number of nitrogens with zero attached hydrogens (tertiary/aromatic N) is 1. The summed E-state index contributed by atoms with van der Waals surface area (Å²) in [5.41, 5.74) is 0.584. The molecule has 3 rings (SSSR count). The first-order valence-electron chi connectivity index (χ1n) is 7.10. The topological polar surface area (TPSA) is 32.7 Å². The van der Waals surface area contributed by atoms with Gasteiger partial charge in [0.2, 0.25) is 0 Å². The molecule has 1 N–H and O–H groups in total. The zero-order valence-electron chi connectivity index (χ0n) is 11.0. The third kappa shape index (κ3) is 2.47. The molecule has 2 heterocycles. The maximum atomic E-state index is 13.6. The summed E-state index contributed by atoms with van der Waals surface area (Å²) >= 11 is 0. The van der Waals surface area contributed by atoms with Gasteiger partial charge in [-0.15, -0.1) is 0 Å².